The number of rotatable bonds is 6. The predicted molar refractivity (Wildman–Crippen MR) is 83.1 cm³/mol. The minimum atomic E-state index is -0.241. The van der Waals surface area contributed by atoms with Gasteiger partial charge in [0, 0.05) is 18.8 Å². The van der Waals surface area contributed by atoms with Crippen molar-refractivity contribution in [3.63, 3.8) is 0 Å². The van der Waals surface area contributed by atoms with Gasteiger partial charge in [-0.05, 0) is 38.8 Å². The number of carbonyl (C=O) groups is 2. The van der Waals surface area contributed by atoms with Gasteiger partial charge < -0.3 is 15.5 Å². The Morgan fingerprint density at radius 1 is 1.29 bits per heavy atom. The van der Waals surface area contributed by atoms with Gasteiger partial charge in [-0.2, -0.15) is 0 Å². The van der Waals surface area contributed by atoms with E-state index in [9.17, 15) is 9.59 Å². The maximum atomic E-state index is 12.1. The lowest BCUT2D eigenvalue weighted by atomic mass is 10.2. The Labute approximate surface area is 125 Å². The van der Waals surface area contributed by atoms with Crippen molar-refractivity contribution < 1.29 is 9.59 Å². The van der Waals surface area contributed by atoms with Gasteiger partial charge in [0.1, 0.15) is 0 Å². The van der Waals surface area contributed by atoms with Crippen LogP contribution in [0.5, 0.6) is 0 Å². The number of likely N-dealkylation sites (N-methyl/N-ethyl adjacent to an activating group) is 1. The Morgan fingerprint density at radius 3 is 2.48 bits per heavy atom. The fraction of sp³-hybridized carbons (Fsp3) is 0.500. The second-order valence-electron chi connectivity index (χ2n) is 5.77. The van der Waals surface area contributed by atoms with Crippen molar-refractivity contribution in [3.8, 4) is 0 Å². The molecule has 1 fully saturated rings. The molecule has 0 aromatic heterocycles. The van der Waals surface area contributed by atoms with Crippen molar-refractivity contribution in [1.29, 1.82) is 0 Å². The van der Waals surface area contributed by atoms with E-state index in [0.29, 0.717) is 6.04 Å². The first-order chi connectivity index (χ1) is 9.95. The molecule has 1 aliphatic carbocycles. The Balaban J connectivity index is 1.80. The van der Waals surface area contributed by atoms with Gasteiger partial charge in [0.05, 0.1) is 12.6 Å². The summed E-state index contributed by atoms with van der Waals surface area (Å²) in [6.07, 6.45) is 2.27. The molecule has 0 aliphatic heterocycles. The van der Waals surface area contributed by atoms with Gasteiger partial charge in [-0.15, -0.1) is 0 Å². The van der Waals surface area contributed by atoms with Gasteiger partial charge in [0.15, 0.2) is 0 Å². The third kappa shape index (κ3) is 4.86. The highest BCUT2D eigenvalue weighted by Crippen LogP contribution is 2.19. The smallest absolute Gasteiger partial charge is 0.243 e. The predicted octanol–water partition coefficient (Wildman–Crippen LogP) is 1.53. The third-order valence-corrected chi connectivity index (χ3v) is 3.53. The van der Waals surface area contributed by atoms with Gasteiger partial charge in [0.2, 0.25) is 11.8 Å². The van der Waals surface area contributed by atoms with Crippen LogP contribution in [0.4, 0.5) is 5.69 Å². The molecule has 1 unspecified atom stereocenters. The molecule has 0 radical (unpaired) electrons. The third-order valence-electron chi connectivity index (χ3n) is 3.53. The molecule has 0 bridgehead atoms. The quantitative estimate of drug-likeness (QED) is 0.835. The summed E-state index contributed by atoms with van der Waals surface area (Å²) < 4.78 is 0. The molecule has 0 heterocycles. The molecule has 2 N–H and O–H groups in total. The Morgan fingerprint density at radius 2 is 1.90 bits per heavy atom. The summed E-state index contributed by atoms with van der Waals surface area (Å²) in [6.45, 7) is 3.89. The van der Waals surface area contributed by atoms with Gasteiger partial charge >= 0.3 is 0 Å². The molecular formula is C16H23N3O2. The van der Waals surface area contributed by atoms with Crippen LogP contribution in [0.1, 0.15) is 25.3 Å². The number of nitrogens with one attached hydrogen (secondary N) is 2. The molecule has 21 heavy (non-hydrogen) atoms. The first-order valence-corrected chi connectivity index (χ1v) is 7.33. The van der Waals surface area contributed by atoms with E-state index in [1.54, 1.807) is 7.05 Å². The van der Waals surface area contributed by atoms with E-state index in [-0.39, 0.29) is 24.4 Å². The number of amides is 2. The number of carbonyl (C=O) groups excluding carboxylic acids is 2. The zero-order valence-electron chi connectivity index (χ0n) is 12.8. The van der Waals surface area contributed by atoms with Gasteiger partial charge in [0.25, 0.3) is 0 Å². The van der Waals surface area contributed by atoms with Crippen LogP contribution in [-0.2, 0) is 9.59 Å². The number of anilines is 1. The molecule has 0 saturated heterocycles. The van der Waals surface area contributed by atoms with E-state index < -0.39 is 0 Å². The Kier molecular flexibility index (Phi) is 4.96. The average molecular weight is 289 g/mol. The summed E-state index contributed by atoms with van der Waals surface area (Å²) in [5.41, 5.74) is 1.89. The van der Waals surface area contributed by atoms with Gasteiger partial charge in [-0.1, -0.05) is 17.7 Å². The van der Waals surface area contributed by atoms with Crippen molar-refractivity contribution in [1.82, 2.24) is 10.2 Å². The number of benzene rings is 1. The van der Waals surface area contributed by atoms with Crippen LogP contribution in [-0.4, -0.2) is 42.4 Å². The average Bonchev–Trinajstić information content (AvgIpc) is 3.24. The maximum absolute atomic E-state index is 12.1. The lowest BCUT2D eigenvalue weighted by molar-refractivity contribution is -0.134. The van der Waals surface area contributed by atoms with Crippen molar-refractivity contribution >= 4 is 17.5 Å². The molecule has 2 rings (SSSR count). The summed E-state index contributed by atoms with van der Waals surface area (Å²) in [4.78, 5) is 25.5. The highest BCUT2D eigenvalue weighted by atomic mass is 16.2. The highest BCUT2D eigenvalue weighted by molar-refractivity contribution is 5.95. The molecule has 1 aromatic carbocycles. The van der Waals surface area contributed by atoms with Crippen molar-refractivity contribution in [3.05, 3.63) is 29.8 Å². The molecule has 1 aromatic rings. The SMILES string of the molecule is Cc1ccc(NC(=O)CN(C)C(=O)C(C)NC2CC2)cc1. The van der Waals surface area contributed by atoms with Crippen molar-refractivity contribution in [2.24, 2.45) is 0 Å². The molecule has 5 nitrogen and oxygen atoms in total. The van der Waals surface area contributed by atoms with E-state index in [2.05, 4.69) is 10.6 Å². The molecule has 5 heteroatoms. The number of aryl methyl sites for hydroxylation is 1. The molecule has 114 valence electrons. The van der Waals surface area contributed by atoms with Gasteiger partial charge in [-0.25, -0.2) is 0 Å². The first-order valence-electron chi connectivity index (χ1n) is 7.33. The molecule has 0 spiro atoms. The summed E-state index contributed by atoms with van der Waals surface area (Å²) in [6, 6.07) is 7.81. The van der Waals surface area contributed by atoms with Crippen LogP contribution in [0.25, 0.3) is 0 Å². The fourth-order valence-electron chi connectivity index (χ4n) is 2.14. The van der Waals surface area contributed by atoms with Crippen LogP contribution in [0.15, 0.2) is 24.3 Å². The normalized spacial score (nSPS) is 15.4. The molecule has 1 atom stereocenters. The lowest BCUT2D eigenvalue weighted by Crippen LogP contribution is -2.46. The standard InChI is InChI=1S/C16H23N3O2/c1-11-4-6-14(7-5-11)18-15(20)10-19(3)16(21)12(2)17-13-8-9-13/h4-7,12-13,17H,8-10H2,1-3H3,(H,18,20). The van der Waals surface area contributed by atoms with Gasteiger partial charge in [-0.3, -0.25) is 9.59 Å². The topological polar surface area (TPSA) is 61.4 Å². The van der Waals surface area contributed by atoms with Crippen molar-refractivity contribution in [2.75, 3.05) is 18.9 Å². The lowest BCUT2D eigenvalue weighted by Gasteiger charge is -2.21. The number of hydrogen-bond donors (Lipinski definition) is 2. The second-order valence-corrected chi connectivity index (χ2v) is 5.77. The molecule has 1 aliphatic rings. The van der Waals surface area contributed by atoms with E-state index in [1.165, 1.54) is 4.90 Å². The van der Waals surface area contributed by atoms with E-state index >= 15 is 0 Å². The highest BCUT2D eigenvalue weighted by Gasteiger charge is 2.27. The molecule has 2 amide bonds. The fourth-order valence-corrected chi connectivity index (χ4v) is 2.14. The molecular weight excluding hydrogens is 266 g/mol. The zero-order chi connectivity index (χ0) is 15.4. The van der Waals surface area contributed by atoms with Crippen LogP contribution >= 0.6 is 0 Å². The number of nitrogens with zero attached hydrogens (tertiary/aromatic N) is 1. The monoisotopic (exact) mass is 289 g/mol. The minimum absolute atomic E-state index is 0.0547. The zero-order valence-corrected chi connectivity index (χ0v) is 12.8. The number of hydrogen-bond acceptors (Lipinski definition) is 3. The summed E-state index contributed by atoms with van der Waals surface area (Å²) in [7, 11) is 1.65. The second kappa shape index (κ2) is 6.72. The maximum Gasteiger partial charge on any atom is 0.243 e. The minimum Gasteiger partial charge on any atom is -0.335 e. The van der Waals surface area contributed by atoms with Crippen LogP contribution < -0.4 is 10.6 Å². The first kappa shape index (κ1) is 15.5. The summed E-state index contributed by atoms with van der Waals surface area (Å²) in [5.74, 6) is -0.241. The van der Waals surface area contributed by atoms with Crippen LogP contribution in [0.2, 0.25) is 0 Å². The molecule has 1 saturated carbocycles. The van der Waals surface area contributed by atoms with E-state index in [4.69, 9.17) is 0 Å². The summed E-state index contributed by atoms with van der Waals surface area (Å²) >= 11 is 0. The Hall–Kier alpha value is -1.88. The van der Waals surface area contributed by atoms with Crippen molar-refractivity contribution in [2.45, 2.75) is 38.8 Å². The van der Waals surface area contributed by atoms with E-state index in [0.717, 1.165) is 24.1 Å². The largest absolute Gasteiger partial charge is 0.335 e. The van der Waals surface area contributed by atoms with E-state index in [1.807, 2.05) is 38.1 Å². The Bertz CT molecular complexity index is 509. The van der Waals surface area contributed by atoms with Crippen LogP contribution in [0, 0.1) is 6.92 Å². The summed E-state index contributed by atoms with van der Waals surface area (Å²) in [5, 5.41) is 6.03. The van der Waals surface area contributed by atoms with Crippen LogP contribution in [0.3, 0.4) is 0 Å².